The zero-order valence-electron chi connectivity index (χ0n) is 20.3. The molecule has 180 valence electrons. The summed E-state index contributed by atoms with van der Waals surface area (Å²) in [6.45, 7) is 6.37. The first-order valence-electron chi connectivity index (χ1n) is 12.6. The maximum atomic E-state index is 6.06. The molecule has 0 fully saturated rings. The molecular weight excluding hydrogens is 471 g/mol. The van der Waals surface area contributed by atoms with Gasteiger partial charge in [0.1, 0.15) is 0 Å². The van der Waals surface area contributed by atoms with E-state index in [9.17, 15) is 0 Å². The molecule has 0 amide bonds. The molecule has 29 heavy (non-hydrogen) atoms. The first-order chi connectivity index (χ1) is 13.6. The second-order valence-corrected chi connectivity index (χ2v) is 19.8. The van der Waals surface area contributed by atoms with Crippen molar-refractivity contribution in [2.24, 2.45) is 15.8 Å². The Morgan fingerprint density at radius 1 is 0.448 bits per heavy atom. The van der Waals surface area contributed by atoms with E-state index in [1.807, 2.05) is 13.8 Å². The molecule has 5 heteroatoms. The van der Waals surface area contributed by atoms with Crippen LogP contribution in [0.5, 0.6) is 0 Å². The zero-order valence-corrected chi connectivity index (χ0v) is 22.5. The number of hydrogen-bond acceptors (Lipinski definition) is 4. The van der Waals surface area contributed by atoms with E-state index in [-0.39, 0.29) is 3.42 Å². The number of nitrogens with two attached hydrogens (primary N) is 4. The second kappa shape index (κ2) is 16.2. The summed E-state index contributed by atoms with van der Waals surface area (Å²) < 4.78 is 23.9. The third-order valence-electron chi connectivity index (χ3n) is 6.56. The Balaban J connectivity index is 3.27. The Kier molecular flexibility index (Phi) is 16.6. The van der Waals surface area contributed by atoms with Crippen LogP contribution in [0.1, 0.15) is 149 Å². The van der Waals surface area contributed by atoms with Gasteiger partial charge in [-0.05, 0) is 0 Å². The maximum absolute atomic E-state index is 6.06. The summed E-state index contributed by atoms with van der Waals surface area (Å²) in [4.78, 5) is 0. The Morgan fingerprint density at radius 2 is 0.690 bits per heavy atom. The van der Waals surface area contributed by atoms with Gasteiger partial charge in [-0.3, -0.25) is 0 Å². The van der Waals surface area contributed by atoms with E-state index < -0.39 is 18.1 Å². The first-order valence-corrected chi connectivity index (χ1v) is 18.7. The molecule has 0 radical (unpaired) electrons. The topological polar surface area (TPSA) is 104 Å². The van der Waals surface area contributed by atoms with Crippen molar-refractivity contribution in [3.8, 4) is 0 Å². The standard InChI is InChI=1S/C24H57IN4/c1-4-5-6-7-8-9-10-11-12-13-14-15-16-17-18-19-20-21-22-23-24(2,3)25(26,27,28)29/h4-23,26-29H2,1-3H3. The van der Waals surface area contributed by atoms with Gasteiger partial charge in [0.15, 0.2) is 0 Å². The van der Waals surface area contributed by atoms with Crippen LogP contribution in [0.25, 0.3) is 0 Å². The van der Waals surface area contributed by atoms with Crippen molar-refractivity contribution in [1.29, 1.82) is 0 Å². The van der Waals surface area contributed by atoms with Gasteiger partial charge in [0.25, 0.3) is 0 Å². The van der Waals surface area contributed by atoms with Gasteiger partial charge in [-0.15, -0.1) is 0 Å². The molecular formula is C24H57IN4. The minimum atomic E-state index is -4.09. The summed E-state index contributed by atoms with van der Waals surface area (Å²) in [6.07, 6.45) is 27.5. The predicted octanol–water partition coefficient (Wildman–Crippen LogP) is 7.66. The van der Waals surface area contributed by atoms with E-state index in [4.69, 9.17) is 15.8 Å². The molecule has 0 aromatic carbocycles. The molecule has 0 saturated heterocycles. The number of unbranched alkanes of at least 4 members (excludes halogenated alkanes) is 18. The van der Waals surface area contributed by atoms with Crippen LogP contribution >= 0.6 is 18.1 Å². The normalized spacial score (nSPS) is 14.1. The first kappa shape index (κ1) is 29.6. The van der Waals surface area contributed by atoms with Crippen LogP contribution in [0.15, 0.2) is 0 Å². The van der Waals surface area contributed by atoms with Gasteiger partial charge in [0.2, 0.25) is 0 Å². The number of rotatable bonds is 21. The van der Waals surface area contributed by atoms with Crippen LogP contribution in [0.2, 0.25) is 0 Å². The molecule has 0 rings (SSSR count). The van der Waals surface area contributed by atoms with Gasteiger partial charge >= 0.3 is 122 Å². The minimum absolute atomic E-state index is 0.292. The average molecular weight is 529 g/mol. The summed E-state index contributed by atoms with van der Waals surface area (Å²) in [5, 5.41) is 0. The fraction of sp³-hybridized carbons (Fsp3) is 1.00. The fourth-order valence-electron chi connectivity index (χ4n) is 3.84. The molecule has 0 bridgehead atoms. The van der Waals surface area contributed by atoms with E-state index in [1.165, 1.54) is 116 Å². The molecule has 0 saturated carbocycles. The van der Waals surface area contributed by atoms with Crippen LogP contribution < -0.4 is 15.8 Å². The summed E-state index contributed by atoms with van der Waals surface area (Å²) in [5.74, 6) is 0. The summed E-state index contributed by atoms with van der Waals surface area (Å²) >= 11 is -4.09. The molecule has 0 heterocycles. The molecule has 0 atom stereocenters. The fourth-order valence-corrected chi connectivity index (χ4v) is 5.47. The van der Waals surface area contributed by atoms with Gasteiger partial charge in [-0.1, -0.05) is 64.7 Å². The predicted molar refractivity (Wildman–Crippen MR) is 143 cm³/mol. The average Bonchev–Trinajstić information content (AvgIpc) is 2.62. The summed E-state index contributed by atoms with van der Waals surface area (Å²) in [5.41, 5.74) is 0. The molecule has 0 aromatic heterocycles. The van der Waals surface area contributed by atoms with Crippen LogP contribution in [-0.4, -0.2) is 3.42 Å². The van der Waals surface area contributed by atoms with Crippen molar-refractivity contribution < 1.29 is 0 Å². The second-order valence-electron chi connectivity index (χ2n) is 10.0. The molecule has 8 N–H and O–H groups in total. The van der Waals surface area contributed by atoms with Crippen molar-refractivity contribution in [2.75, 3.05) is 0 Å². The van der Waals surface area contributed by atoms with Crippen LogP contribution in [0, 0.1) is 0 Å². The van der Waals surface area contributed by atoms with Crippen molar-refractivity contribution in [1.82, 2.24) is 0 Å². The van der Waals surface area contributed by atoms with Gasteiger partial charge in [0.05, 0.1) is 0 Å². The Bertz CT molecular complexity index is 368. The van der Waals surface area contributed by atoms with E-state index in [1.54, 1.807) is 0 Å². The van der Waals surface area contributed by atoms with Gasteiger partial charge in [0, 0.05) is 0 Å². The van der Waals surface area contributed by atoms with E-state index in [0.717, 1.165) is 12.8 Å². The van der Waals surface area contributed by atoms with Gasteiger partial charge in [-0.25, -0.2) is 0 Å². The van der Waals surface area contributed by atoms with Crippen LogP contribution in [0.4, 0.5) is 0 Å². The molecule has 0 spiro atoms. The number of alkyl halides is 1. The van der Waals surface area contributed by atoms with E-state index >= 15 is 0 Å². The third kappa shape index (κ3) is 16.9. The molecule has 0 aromatic rings. The number of halogens is 1. The Labute approximate surface area is 186 Å². The van der Waals surface area contributed by atoms with Crippen molar-refractivity contribution in [3.05, 3.63) is 0 Å². The molecule has 0 unspecified atom stereocenters. The van der Waals surface area contributed by atoms with Crippen LogP contribution in [0.3, 0.4) is 0 Å². The molecule has 0 aliphatic rings. The molecule has 0 aliphatic heterocycles. The van der Waals surface area contributed by atoms with Crippen LogP contribution in [-0.2, 0) is 0 Å². The molecule has 0 aliphatic carbocycles. The van der Waals surface area contributed by atoms with Gasteiger partial charge < -0.3 is 0 Å². The zero-order chi connectivity index (χ0) is 22.1. The number of hydrogen-bond donors (Lipinski definition) is 4. The van der Waals surface area contributed by atoms with E-state index in [2.05, 4.69) is 6.92 Å². The Morgan fingerprint density at radius 3 is 0.931 bits per heavy atom. The van der Waals surface area contributed by atoms with E-state index in [0.29, 0.717) is 0 Å². The van der Waals surface area contributed by atoms with Crippen molar-refractivity contribution >= 4 is 18.1 Å². The summed E-state index contributed by atoms with van der Waals surface area (Å²) in [6, 6.07) is 0. The van der Waals surface area contributed by atoms with Crippen molar-refractivity contribution in [2.45, 2.75) is 153 Å². The van der Waals surface area contributed by atoms with Crippen molar-refractivity contribution in [3.63, 3.8) is 0 Å². The Hall–Kier alpha value is 0.570. The summed E-state index contributed by atoms with van der Waals surface area (Å²) in [7, 11) is 0. The monoisotopic (exact) mass is 528 g/mol. The SMILES string of the molecule is CCCCCCCCCCCCCCCCCCCCCC(C)(C)I(N)(N)(N)N. The molecule has 4 nitrogen and oxygen atoms in total. The van der Waals surface area contributed by atoms with Gasteiger partial charge in [-0.2, -0.15) is 0 Å². The third-order valence-corrected chi connectivity index (χ3v) is 13.8. The quantitative estimate of drug-likeness (QED) is 0.0531.